The molecule has 1 aromatic heterocycles. The molecular weight excluding hydrogens is 537 g/mol. The van der Waals surface area contributed by atoms with E-state index in [0.29, 0.717) is 0 Å². The van der Waals surface area contributed by atoms with Gasteiger partial charge in [0, 0.05) is 20.2 Å². The largest absolute Gasteiger partial charge is 0.135 e. The van der Waals surface area contributed by atoms with Gasteiger partial charge in [-0.2, -0.15) is 0 Å². The van der Waals surface area contributed by atoms with Crippen LogP contribution in [0.15, 0.2) is 146 Å². The van der Waals surface area contributed by atoms with E-state index >= 15 is 0 Å². The summed E-state index contributed by atoms with van der Waals surface area (Å²) in [5, 5.41) is 16.0. The summed E-state index contributed by atoms with van der Waals surface area (Å²) in [6.07, 6.45) is 0. The number of hydrogen-bond acceptors (Lipinski definition) is 1. The number of fused-ring (bicyclic) bond motifs is 9. The highest BCUT2D eigenvalue weighted by molar-refractivity contribution is 7.26. The first-order chi connectivity index (χ1) is 21.3. The zero-order chi connectivity index (χ0) is 28.1. The van der Waals surface area contributed by atoms with Gasteiger partial charge in [0.2, 0.25) is 0 Å². The molecule has 0 saturated heterocycles. The summed E-state index contributed by atoms with van der Waals surface area (Å²) in [5.41, 5.74) is 5.09. The maximum absolute atomic E-state index is 2.45. The van der Waals surface area contributed by atoms with Crippen LogP contribution >= 0.6 is 11.3 Å². The van der Waals surface area contributed by atoms with E-state index in [1.807, 2.05) is 11.3 Å². The summed E-state index contributed by atoms with van der Waals surface area (Å²) in [5.74, 6) is 0. The second-order valence-electron chi connectivity index (χ2n) is 11.6. The first-order valence-electron chi connectivity index (χ1n) is 14.9. The Kier molecular flexibility index (Phi) is 4.69. The van der Waals surface area contributed by atoms with E-state index in [1.165, 1.54) is 96.3 Å². The van der Waals surface area contributed by atoms with Crippen molar-refractivity contribution in [2.45, 2.75) is 0 Å². The van der Waals surface area contributed by atoms with Gasteiger partial charge in [-0.25, -0.2) is 0 Å². The average molecular weight is 561 g/mol. The summed E-state index contributed by atoms with van der Waals surface area (Å²) in [7, 11) is 0. The number of thiophene rings is 1. The Morgan fingerprint density at radius 1 is 0.302 bits per heavy atom. The van der Waals surface area contributed by atoms with Crippen molar-refractivity contribution < 1.29 is 0 Å². The first kappa shape index (κ1) is 23.3. The van der Waals surface area contributed by atoms with Gasteiger partial charge in [0.25, 0.3) is 0 Å². The van der Waals surface area contributed by atoms with E-state index in [2.05, 4.69) is 146 Å². The van der Waals surface area contributed by atoms with Crippen molar-refractivity contribution in [3.05, 3.63) is 146 Å². The highest BCUT2D eigenvalue weighted by Crippen LogP contribution is 2.47. The van der Waals surface area contributed by atoms with Crippen LogP contribution in [0, 0.1) is 0 Å². The summed E-state index contributed by atoms with van der Waals surface area (Å²) in [6.45, 7) is 0. The molecule has 10 aromatic rings. The second-order valence-corrected chi connectivity index (χ2v) is 12.7. The molecule has 0 amide bonds. The summed E-state index contributed by atoms with van der Waals surface area (Å²) in [4.78, 5) is 0. The molecule has 0 spiro atoms. The van der Waals surface area contributed by atoms with E-state index in [1.54, 1.807) is 0 Å². The minimum absolute atomic E-state index is 1.25. The van der Waals surface area contributed by atoms with Gasteiger partial charge in [-0.05, 0) is 100 Å². The molecule has 0 aliphatic carbocycles. The lowest BCUT2D eigenvalue weighted by molar-refractivity contribution is 1.66. The van der Waals surface area contributed by atoms with Crippen LogP contribution in [0.4, 0.5) is 0 Å². The molecule has 0 N–H and O–H groups in total. The molecule has 0 aliphatic heterocycles. The molecule has 0 saturated carbocycles. The number of benzene rings is 9. The van der Waals surface area contributed by atoms with Crippen molar-refractivity contribution in [3.8, 4) is 22.3 Å². The van der Waals surface area contributed by atoms with E-state index in [-0.39, 0.29) is 0 Å². The van der Waals surface area contributed by atoms with Gasteiger partial charge in [0.1, 0.15) is 0 Å². The van der Waals surface area contributed by atoms with Crippen LogP contribution < -0.4 is 0 Å². The molecule has 0 atom stereocenters. The summed E-state index contributed by atoms with van der Waals surface area (Å²) in [6, 6.07) is 54.1. The Labute approximate surface area is 252 Å². The summed E-state index contributed by atoms with van der Waals surface area (Å²) < 4.78 is 2.70. The van der Waals surface area contributed by atoms with Gasteiger partial charge in [-0.15, -0.1) is 11.3 Å². The first-order valence-corrected chi connectivity index (χ1v) is 15.7. The van der Waals surface area contributed by atoms with Gasteiger partial charge in [-0.1, -0.05) is 121 Å². The molecule has 198 valence electrons. The van der Waals surface area contributed by atoms with E-state index in [9.17, 15) is 0 Å². The van der Waals surface area contributed by atoms with Crippen molar-refractivity contribution in [2.75, 3.05) is 0 Å². The number of rotatable bonds is 2. The summed E-state index contributed by atoms with van der Waals surface area (Å²) >= 11 is 1.90. The predicted molar refractivity (Wildman–Crippen MR) is 189 cm³/mol. The van der Waals surface area contributed by atoms with Gasteiger partial charge in [0.05, 0.1) is 0 Å². The van der Waals surface area contributed by atoms with Gasteiger partial charge < -0.3 is 0 Å². The topological polar surface area (TPSA) is 0 Å². The molecule has 0 radical (unpaired) electrons. The fraction of sp³-hybridized carbons (Fsp3) is 0. The molecule has 43 heavy (non-hydrogen) atoms. The quantitative estimate of drug-likeness (QED) is 0.146. The zero-order valence-electron chi connectivity index (χ0n) is 23.3. The maximum Gasteiger partial charge on any atom is 0.0433 e. The molecular formula is C42H24S. The average Bonchev–Trinajstić information content (AvgIpc) is 3.47. The van der Waals surface area contributed by atoms with Crippen LogP contribution in [-0.4, -0.2) is 0 Å². The van der Waals surface area contributed by atoms with Crippen LogP contribution in [0.25, 0.3) is 96.3 Å². The van der Waals surface area contributed by atoms with Crippen LogP contribution in [0.3, 0.4) is 0 Å². The highest BCUT2D eigenvalue weighted by atomic mass is 32.1. The molecule has 0 bridgehead atoms. The lowest BCUT2D eigenvalue weighted by Crippen LogP contribution is -1.91. The molecule has 9 aromatic carbocycles. The Morgan fingerprint density at radius 2 is 0.860 bits per heavy atom. The SMILES string of the molecule is c1ccc(-c2cc3c4ccccc4c4cccc5c6cc(-c7cccc8c7sc7ccccc78)ccc6c(c2)c3c45)cc1. The van der Waals surface area contributed by atoms with Crippen LogP contribution in [-0.2, 0) is 0 Å². The van der Waals surface area contributed by atoms with Crippen molar-refractivity contribution in [3.63, 3.8) is 0 Å². The van der Waals surface area contributed by atoms with Crippen molar-refractivity contribution in [2.24, 2.45) is 0 Å². The minimum atomic E-state index is 1.25. The van der Waals surface area contributed by atoms with Gasteiger partial charge in [0.15, 0.2) is 0 Å². The monoisotopic (exact) mass is 560 g/mol. The normalized spacial score (nSPS) is 12.2. The fourth-order valence-corrected chi connectivity index (χ4v) is 8.74. The van der Waals surface area contributed by atoms with E-state index < -0.39 is 0 Å². The zero-order valence-corrected chi connectivity index (χ0v) is 24.1. The van der Waals surface area contributed by atoms with Gasteiger partial charge >= 0.3 is 0 Å². The van der Waals surface area contributed by atoms with Crippen molar-refractivity contribution >= 4 is 85.4 Å². The Morgan fingerprint density at radius 3 is 1.67 bits per heavy atom. The van der Waals surface area contributed by atoms with Gasteiger partial charge in [-0.3, -0.25) is 0 Å². The molecule has 1 heteroatoms. The van der Waals surface area contributed by atoms with Crippen LogP contribution in [0.2, 0.25) is 0 Å². The third-order valence-corrected chi connectivity index (χ3v) is 10.6. The second kappa shape index (κ2) is 8.64. The number of hydrogen-bond donors (Lipinski definition) is 0. The molecule has 0 aliphatic rings. The standard InChI is InChI=1S/C42H24S/c1-2-10-25(11-3-1)27-23-37-30-13-5-4-12-29(30)33-16-9-17-34-36-22-26(20-21-31(36)38(24-27)41(37)40(33)34)28-15-8-18-35-32-14-6-7-19-39(32)43-42(28)35/h1-24H. The molecule has 0 fully saturated rings. The Balaban J connectivity index is 1.37. The third kappa shape index (κ3) is 3.20. The van der Waals surface area contributed by atoms with E-state index in [4.69, 9.17) is 0 Å². The highest BCUT2D eigenvalue weighted by Gasteiger charge is 2.19. The molecule has 10 rings (SSSR count). The van der Waals surface area contributed by atoms with Crippen molar-refractivity contribution in [1.82, 2.24) is 0 Å². The predicted octanol–water partition coefficient (Wildman–Crippen LogP) is 12.6. The van der Waals surface area contributed by atoms with E-state index in [0.717, 1.165) is 0 Å². The van der Waals surface area contributed by atoms with Crippen LogP contribution in [0.1, 0.15) is 0 Å². The van der Waals surface area contributed by atoms with Crippen molar-refractivity contribution in [1.29, 1.82) is 0 Å². The lowest BCUT2D eigenvalue weighted by Gasteiger charge is -2.19. The lowest BCUT2D eigenvalue weighted by atomic mass is 9.84. The molecule has 0 nitrogen and oxygen atoms in total. The molecule has 0 unspecified atom stereocenters. The third-order valence-electron chi connectivity index (χ3n) is 9.38. The minimum Gasteiger partial charge on any atom is -0.135 e. The van der Waals surface area contributed by atoms with Crippen LogP contribution in [0.5, 0.6) is 0 Å². The fourth-order valence-electron chi connectivity index (χ4n) is 7.50. The molecule has 1 heterocycles. The Hall–Kier alpha value is -5.24. The maximum atomic E-state index is 2.45. The Bertz CT molecular complexity index is 2710. The smallest absolute Gasteiger partial charge is 0.0433 e.